The highest BCUT2D eigenvalue weighted by Crippen LogP contribution is 2.19. The van der Waals surface area contributed by atoms with E-state index in [-0.39, 0.29) is 5.91 Å². The van der Waals surface area contributed by atoms with E-state index in [4.69, 9.17) is 5.84 Å². The monoisotopic (exact) mass is 249 g/mol. The average Bonchev–Trinajstić information content (AvgIpc) is 2.87. The lowest BCUT2D eigenvalue weighted by atomic mass is 10.2. The van der Waals surface area contributed by atoms with Gasteiger partial charge in [0.25, 0.3) is 5.91 Å². The zero-order valence-corrected chi connectivity index (χ0v) is 10.8. The van der Waals surface area contributed by atoms with Crippen LogP contribution in [0.25, 0.3) is 0 Å². The predicted octanol–water partition coefficient (Wildman–Crippen LogP) is 0.143. The fourth-order valence-corrected chi connectivity index (χ4v) is 2.21. The van der Waals surface area contributed by atoms with Gasteiger partial charge in [0.2, 0.25) is 0 Å². The number of carbonyl (C=O) groups is 1. The van der Waals surface area contributed by atoms with Crippen LogP contribution in [-0.4, -0.2) is 53.9 Å². The number of aromatic nitrogens is 1. The van der Waals surface area contributed by atoms with Crippen LogP contribution in [0, 0.1) is 0 Å². The number of rotatable bonds is 3. The van der Waals surface area contributed by atoms with E-state index in [2.05, 4.69) is 15.3 Å². The Labute approximate surface area is 107 Å². The van der Waals surface area contributed by atoms with Gasteiger partial charge in [-0.15, -0.1) is 0 Å². The molecular formula is C12H19N5O. The molecule has 1 aromatic heterocycles. The van der Waals surface area contributed by atoms with E-state index in [9.17, 15) is 4.79 Å². The quantitative estimate of drug-likeness (QED) is 0.589. The Morgan fingerprint density at radius 3 is 3.00 bits per heavy atom. The SMILES string of the molecule is CN(C)C1CCN(C(=O)c2cccnc2NN)C1. The van der Waals surface area contributed by atoms with Gasteiger partial charge >= 0.3 is 0 Å². The van der Waals surface area contributed by atoms with Crippen LogP contribution in [-0.2, 0) is 0 Å². The maximum Gasteiger partial charge on any atom is 0.257 e. The van der Waals surface area contributed by atoms with Gasteiger partial charge in [-0.2, -0.15) is 0 Å². The molecule has 1 aliphatic rings. The molecule has 1 unspecified atom stereocenters. The number of likely N-dealkylation sites (N-methyl/N-ethyl adjacent to an activating group) is 1. The zero-order chi connectivity index (χ0) is 13.1. The molecule has 1 fully saturated rings. The number of nitrogens with one attached hydrogen (secondary N) is 1. The molecule has 6 heteroatoms. The zero-order valence-electron chi connectivity index (χ0n) is 10.8. The minimum Gasteiger partial charge on any atom is -0.337 e. The summed E-state index contributed by atoms with van der Waals surface area (Å²) in [7, 11) is 4.07. The normalized spacial score (nSPS) is 19.3. The molecule has 6 nitrogen and oxygen atoms in total. The Kier molecular flexibility index (Phi) is 3.78. The van der Waals surface area contributed by atoms with Crippen LogP contribution in [0.3, 0.4) is 0 Å². The third-order valence-corrected chi connectivity index (χ3v) is 3.36. The summed E-state index contributed by atoms with van der Waals surface area (Å²) in [6, 6.07) is 3.92. The van der Waals surface area contributed by atoms with Gasteiger partial charge in [0.15, 0.2) is 5.82 Å². The van der Waals surface area contributed by atoms with Crippen molar-refractivity contribution in [1.29, 1.82) is 0 Å². The summed E-state index contributed by atoms with van der Waals surface area (Å²) >= 11 is 0. The summed E-state index contributed by atoms with van der Waals surface area (Å²) in [5.74, 6) is 5.78. The van der Waals surface area contributed by atoms with E-state index in [1.54, 1.807) is 18.3 Å². The third kappa shape index (κ3) is 2.44. The van der Waals surface area contributed by atoms with Crippen molar-refractivity contribution in [3.8, 4) is 0 Å². The number of anilines is 1. The summed E-state index contributed by atoms with van der Waals surface area (Å²) in [5, 5.41) is 0. The molecule has 0 saturated carbocycles. The third-order valence-electron chi connectivity index (χ3n) is 3.36. The minimum absolute atomic E-state index is 0.0135. The van der Waals surface area contributed by atoms with Crippen molar-refractivity contribution in [3.05, 3.63) is 23.9 Å². The van der Waals surface area contributed by atoms with Crippen molar-refractivity contribution in [2.75, 3.05) is 32.6 Å². The average molecular weight is 249 g/mol. The highest BCUT2D eigenvalue weighted by Gasteiger charge is 2.29. The molecule has 98 valence electrons. The molecule has 1 amide bonds. The van der Waals surface area contributed by atoms with Crippen LogP contribution < -0.4 is 11.3 Å². The molecule has 1 aliphatic heterocycles. The van der Waals surface area contributed by atoms with E-state index in [1.165, 1.54) is 0 Å². The number of pyridine rings is 1. The van der Waals surface area contributed by atoms with Crippen LogP contribution in [0.15, 0.2) is 18.3 Å². The lowest BCUT2D eigenvalue weighted by molar-refractivity contribution is 0.0783. The van der Waals surface area contributed by atoms with Crippen LogP contribution in [0.5, 0.6) is 0 Å². The number of hydrogen-bond donors (Lipinski definition) is 2. The highest BCUT2D eigenvalue weighted by atomic mass is 16.2. The molecule has 0 bridgehead atoms. The summed E-state index contributed by atoms with van der Waals surface area (Å²) in [4.78, 5) is 20.4. The Morgan fingerprint density at radius 2 is 2.39 bits per heavy atom. The van der Waals surface area contributed by atoms with Gasteiger partial charge in [-0.3, -0.25) is 4.79 Å². The van der Waals surface area contributed by atoms with Crippen molar-refractivity contribution in [2.45, 2.75) is 12.5 Å². The smallest absolute Gasteiger partial charge is 0.257 e. The first-order chi connectivity index (χ1) is 8.63. The van der Waals surface area contributed by atoms with Crippen LogP contribution in [0.4, 0.5) is 5.82 Å². The fourth-order valence-electron chi connectivity index (χ4n) is 2.21. The van der Waals surface area contributed by atoms with Crippen molar-refractivity contribution < 1.29 is 4.79 Å². The number of hydrogen-bond acceptors (Lipinski definition) is 5. The second-order valence-corrected chi connectivity index (χ2v) is 4.70. The number of nitrogen functional groups attached to an aromatic ring is 1. The minimum atomic E-state index is -0.0135. The van der Waals surface area contributed by atoms with E-state index in [1.807, 2.05) is 19.0 Å². The molecule has 18 heavy (non-hydrogen) atoms. The molecule has 2 rings (SSSR count). The molecule has 0 aliphatic carbocycles. The molecule has 0 radical (unpaired) electrons. The molecule has 1 aromatic rings. The number of hydrazine groups is 1. The van der Waals surface area contributed by atoms with Crippen LogP contribution >= 0.6 is 0 Å². The molecular weight excluding hydrogens is 230 g/mol. The van der Waals surface area contributed by atoms with Gasteiger partial charge in [0.05, 0.1) is 5.56 Å². The Bertz CT molecular complexity index is 434. The number of carbonyl (C=O) groups excluding carboxylic acids is 1. The summed E-state index contributed by atoms with van der Waals surface area (Å²) in [6.07, 6.45) is 2.61. The number of amides is 1. The van der Waals surface area contributed by atoms with E-state index in [0.29, 0.717) is 17.4 Å². The number of nitrogens with two attached hydrogens (primary N) is 1. The van der Waals surface area contributed by atoms with Gasteiger partial charge < -0.3 is 15.2 Å². The molecule has 0 aromatic carbocycles. The maximum absolute atomic E-state index is 12.4. The van der Waals surface area contributed by atoms with Gasteiger partial charge in [-0.1, -0.05) is 0 Å². The van der Waals surface area contributed by atoms with Crippen molar-refractivity contribution in [2.24, 2.45) is 5.84 Å². The first kappa shape index (κ1) is 12.8. The van der Waals surface area contributed by atoms with Crippen LogP contribution in [0.1, 0.15) is 16.8 Å². The van der Waals surface area contributed by atoms with E-state index >= 15 is 0 Å². The van der Waals surface area contributed by atoms with Gasteiger partial charge in [-0.05, 0) is 32.6 Å². The lowest BCUT2D eigenvalue weighted by Crippen LogP contribution is -2.35. The highest BCUT2D eigenvalue weighted by molar-refractivity contribution is 5.98. The molecule has 1 atom stereocenters. The Balaban J connectivity index is 2.13. The lowest BCUT2D eigenvalue weighted by Gasteiger charge is -2.21. The molecule has 0 spiro atoms. The second-order valence-electron chi connectivity index (χ2n) is 4.70. The maximum atomic E-state index is 12.4. The van der Waals surface area contributed by atoms with Crippen molar-refractivity contribution in [3.63, 3.8) is 0 Å². The summed E-state index contributed by atoms with van der Waals surface area (Å²) in [5.41, 5.74) is 2.99. The van der Waals surface area contributed by atoms with Gasteiger partial charge in [0, 0.05) is 25.3 Å². The largest absolute Gasteiger partial charge is 0.337 e. The molecule has 3 N–H and O–H groups in total. The topological polar surface area (TPSA) is 74.5 Å². The standard InChI is InChI=1S/C12H19N5O/c1-16(2)9-5-7-17(8-9)12(18)10-4-3-6-14-11(10)15-13/h3-4,6,9H,5,7-8,13H2,1-2H3,(H,14,15). The number of nitrogens with zero attached hydrogens (tertiary/aromatic N) is 3. The Hall–Kier alpha value is -1.66. The second kappa shape index (κ2) is 5.32. The van der Waals surface area contributed by atoms with Gasteiger partial charge in [0.1, 0.15) is 0 Å². The Morgan fingerprint density at radius 1 is 1.61 bits per heavy atom. The van der Waals surface area contributed by atoms with Crippen molar-refractivity contribution in [1.82, 2.24) is 14.8 Å². The van der Waals surface area contributed by atoms with Crippen molar-refractivity contribution >= 4 is 11.7 Å². The summed E-state index contributed by atoms with van der Waals surface area (Å²) < 4.78 is 0. The predicted molar refractivity (Wildman–Crippen MR) is 70.0 cm³/mol. The first-order valence-corrected chi connectivity index (χ1v) is 6.01. The first-order valence-electron chi connectivity index (χ1n) is 6.01. The molecule has 1 saturated heterocycles. The van der Waals surface area contributed by atoms with Gasteiger partial charge in [-0.25, -0.2) is 10.8 Å². The molecule has 2 heterocycles. The van der Waals surface area contributed by atoms with E-state index in [0.717, 1.165) is 19.5 Å². The van der Waals surface area contributed by atoms with E-state index < -0.39 is 0 Å². The fraction of sp³-hybridized carbons (Fsp3) is 0.500. The summed E-state index contributed by atoms with van der Waals surface area (Å²) in [6.45, 7) is 1.53. The van der Waals surface area contributed by atoms with Crippen LogP contribution in [0.2, 0.25) is 0 Å². The number of likely N-dealkylation sites (tertiary alicyclic amines) is 1.